The van der Waals surface area contributed by atoms with E-state index in [1.54, 1.807) is 25.3 Å². The van der Waals surface area contributed by atoms with Crippen molar-refractivity contribution in [1.29, 1.82) is 0 Å². The molecule has 146 valence electrons. The predicted octanol–water partition coefficient (Wildman–Crippen LogP) is 4.09. The number of hydrogen-bond acceptors (Lipinski definition) is 5. The van der Waals surface area contributed by atoms with E-state index in [2.05, 4.69) is 22.6 Å². The Morgan fingerprint density at radius 1 is 0.862 bits per heavy atom. The van der Waals surface area contributed by atoms with Crippen LogP contribution < -0.4 is 14.8 Å². The summed E-state index contributed by atoms with van der Waals surface area (Å²) in [6.45, 7) is -0.228. The van der Waals surface area contributed by atoms with Gasteiger partial charge in [-0.1, -0.05) is 53.7 Å². The Morgan fingerprint density at radius 2 is 1.48 bits per heavy atom. The van der Waals surface area contributed by atoms with Crippen LogP contribution in [0.4, 0.5) is 5.69 Å². The number of anilines is 1. The Balaban J connectivity index is 1.49. The number of hydrogen-bond donors (Lipinski definition) is 1. The first kappa shape index (κ1) is 18.6. The van der Waals surface area contributed by atoms with Gasteiger partial charge in [0.1, 0.15) is 17.2 Å². The van der Waals surface area contributed by atoms with Crippen LogP contribution in [0.5, 0.6) is 11.5 Å². The summed E-state index contributed by atoms with van der Waals surface area (Å²) in [4.78, 5) is 17.7. The first-order valence-corrected chi connectivity index (χ1v) is 9.12. The second-order valence-corrected chi connectivity index (χ2v) is 6.42. The molecular weight excluding hydrogens is 368 g/mol. The van der Waals surface area contributed by atoms with Crippen molar-refractivity contribution in [3.8, 4) is 22.6 Å². The van der Waals surface area contributed by atoms with Crippen molar-refractivity contribution in [3.05, 3.63) is 77.9 Å². The van der Waals surface area contributed by atoms with Gasteiger partial charge in [-0.15, -0.1) is 0 Å². The molecule has 0 aliphatic heterocycles. The molecule has 0 saturated heterocycles. The number of oxime groups is 1. The van der Waals surface area contributed by atoms with E-state index in [-0.39, 0.29) is 12.5 Å². The maximum atomic E-state index is 12.3. The van der Waals surface area contributed by atoms with E-state index >= 15 is 0 Å². The van der Waals surface area contributed by atoms with E-state index in [9.17, 15) is 4.79 Å². The predicted molar refractivity (Wildman–Crippen MR) is 112 cm³/mol. The van der Waals surface area contributed by atoms with Crippen molar-refractivity contribution in [2.75, 3.05) is 26.1 Å². The molecule has 0 saturated carbocycles. The Bertz CT molecular complexity index is 1040. The van der Waals surface area contributed by atoms with Crippen molar-refractivity contribution < 1.29 is 19.1 Å². The molecular formula is C23H20N2O4. The lowest BCUT2D eigenvalue weighted by Crippen LogP contribution is -2.18. The molecule has 1 N–H and O–H groups in total. The topological polar surface area (TPSA) is 69.2 Å². The first-order valence-electron chi connectivity index (χ1n) is 9.12. The number of nitrogens with one attached hydrogen (secondary N) is 1. The van der Waals surface area contributed by atoms with Crippen LogP contribution in [0.1, 0.15) is 11.1 Å². The average molecular weight is 388 g/mol. The van der Waals surface area contributed by atoms with E-state index < -0.39 is 0 Å². The van der Waals surface area contributed by atoms with Gasteiger partial charge in [-0.3, -0.25) is 4.79 Å². The van der Waals surface area contributed by atoms with Crippen LogP contribution in [0, 0.1) is 0 Å². The molecule has 6 nitrogen and oxygen atoms in total. The van der Waals surface area contributed by atoms with Gasteiger partial charge in [0.15, 0.2) is 6.61 Å². The second kappa shape index (κ2) is 8.06. The Hall–Kier alpha value is -3.80. The Kier molecular flexibility index (Phi) is 5.16. The SMILES string of the molecule is COc1ccc(OC)c(NC(=O)CON=C2c3ccccc3-c3ccccc32)c1. The van der Waals surface area contributed by atoms with Gasteiger partial charge >= 0.3 is 0 Å². The molecule has 0 atom stereocenters. The Morgan fingerprint density at radius 3 is 2.07 bits per heavy atom. The highest BCUT2D eigenvalue weighted by molar-refractivity contribution is 6.24. The van der Waals surface area contributed by atoms with Crippen LogP contribution in [-0.2, 0) is 9.63 Å². The minimum Gasteiger partial charge on any atom is -0.497 e. The van der Waals surface area contributed by atoms with Gasteiger partial charge in [-0.25, -0.2) is 0 Å². The molecule has 0 bridgehead atoms. The van der Waals surface area contributed by atoms with E-state index in [0.29, 0.717) is 17.2 Å². The summed E-state index contributed by atoms with van der Waals surface area (Å²) in [7, 11) is 3.10. The van der Waals surface area contributed by atoms with Crippen LogP contribution in [-0.4, -0.2) is 32.4 Å². The van der Waals surface area contributed by atoms with Gasteiger partial charge in [0, 0.05) is 17.2 Å². The zero-order valence-corrected chi connectivity index (χ0v) is 16.1. The van der Waals surface area contributed by atoms with Gasteiger partial charge in [0.25, 0.3) is 5.91 Å². The number of benzene rings is 3. The van der Waals surface area contributed by atoms with Crippen LogP contribution >= 0.6 is 0 Å². The molecule has 3 aromatic rings. The minimum atomic E-state index is -0.347. The molecule has 1 aliphatic rings. The van der Waals surface area contributed by atoms with Gasteiger partial charge in [0.2, 0.25) is 0 Å². The van der Waals surface area contributed by atoms with Crippen molar-refractivity contribution in [2.24, 2.45) is 5.16 Å². The molecule has 29 heavy (non-hydrogen) atoms. The monoisotopic (exact) mass is 388 g/mol. The molecule has 0 fully saturated rings. The third-order valence-corrected chi connectivity index (χ3v) is 4.69. The summed E-state index contributed by atoms with van der Waals surface area (Å²) in [5.74, 6) is 0.797. The van der Waals surface area contributed by atoms with Crippen molar-refractivity contribution in [2.45, 2.75) is 0 Å². The number of amides is 1. The maximum absolute atomic E-state index is 12.3. The third-order valence-electron chi connectivity index (χ3n) is 4.69. The van der Waals surface area contributed by atoms with E-state index in [0.717, 1.165) is 28.0 Å². The van der Waals surface area contributed by atoms with Gasteiger partial charge in [0.05, 0.1) is 19.9 Å². The molecule has 4 rings (SSSR count). The van der Waals surface area contributed by atoms with Gasteiger partial charge in [-0.05, 0) is 23.3 Å². The number of rotatable bonds is 6. The standard InChI is InChI=1S/C23H20N2O4/c1-27-15-11-12-21(28-2)20(13-15)24-22(26)14-29-25-23-18-9-5-3-7-16(18)17-8-4-6-10-19(17)23/h3-13H,14H2,1-2H3,(H,24,26). The van der Waals surface area contributed by atoms with Gasteiger partial charge in [-0.2, -0.15) is 0 Å². The number of methoxy groups -OCH3 is 2. The summed E-state index contributed by atoms with van der Waals surface area (Å²) >= 11 is 0. The van der Waals surface area contributed by atoms with Crippen molar-refractivity contribution in [1.82, 2.24) is 0 Å². The molecule has 0 aromatic heterocycles. The lowest BCUT2D eigenvalue weighted by atomic mass is 10.1. The fourth-order valence-corrected chi connectivity index (χ4v) is 3.35. The summed E-state index contributed by atoms with van der Waals surface area (Å²) in [5, 5.41) is 7.03. The van der Waals surface area contributed by atoms with Gasteiger partial charge < -0.3 is 19.6 Å². The molecule has 1 aliphatic carbocycles. The number of carbonyl (C=O) groups is 1. The van der Waals surface area contributed by atoms with Crippen molar-refractivity contribution in [3.63, 3.8) is 0 Å². The molecule has 0 unspecified atom stereocenters. The summed E-state index contributed by atoms with van der Waals surface area (Å²) < 4.78 is 10.5. The number of fused-ring (bicyclic) bond motifs is 3. The quantitative estimate of drug-likeness (QED) is 0.505. The fourth-order valence-electron chi connectivity index (χ4n) is 3.35. The lowest BCUT2D eigenvalue weighted by molar-refractivity contribution is -0.120. The maximum Gasteiger partial charge on any atom is 0.265 e. The molecule has 1 amide bonds. The number of nitrogens with zero attached hydrogens (tertiary/aromatic N) is 1. The highest BCUT2D eigenvalue weighted by atomic mass is 16.6. The number of carbonyl (C=O) groups excluding carboxylic acids is 1. The van der Waals surface area contributed by atoms with Crippen LogP contribution in [0.25, 0.3) is 11.1 Å². The zero-order chi connectivity index (χ0) is 20.2. The number of ether oxygens (including phenoxy) is 2. The van der Waals surface area contributed by atoms with E-state index in [1.807, 2.05) is 36.4 Å². The fraction of sp³-hybridized carbons (Fsp3) is 0.130. The molecule has 0 spiro atoms. The minimum absolute atomic E-state index is 0.228. The summed E-state index contributed by atoms with van der Waals surface area (Å²) in [6.07, 6.45) is 0. The largest absolute Gasteiger partial charge is 0.497 e. The first-order chi connectivity index (χ1) is 14.2. The average Bonchev–Trinajstić information content (AvgIpc) is 3.08. The van der Waals surface area contributed by atoms with E-state index in [4.69, 9.17) is 14.3 Å². The van der Waals surface area contributed by atoms with Crippen LogP contribution in [0.2, 0.25) is 0 Å². The summed E-state index contributed by atoms with van der Waals surface area (Å²) in [6, 6.07) is 21.2. The molecule has 0 radical (unpaired) electrons. The lowest BCUT2D eigenvalue weighted by Gasteiger charge is -2.11. The van der Waals surface area contributed by atoms with E-state index in [1.165, 1.54) is 7.11 Å². The van der Waals surface area contributed by atoms with Crippen LogP contribution in [0.15, 0.2) is 71.9 Å². The highest BCUT2D eigenvalue weighted by Crippen LogP contribution is 2.36. The molecule has 6 heteroatoms. The van der Waals surface area contributed by atoms with Crippen LogP contribution in [0.3, 0.4) is 0 Å². The molecule has 0 heterocycles. The third kappa shape index (κ3) is 3.65. The highest BCUT2D eigenvalue weighted by Gasteiger charge is 2.24. The summed E-state index contributed by atoms with van der Waals surface area (Å²) in [5.41, 5.74) is 5.42. The smallest absolute Gasteiger partial charge is 0.265 e. The van der Waals surface area contributed by atoms with Crippen molar-refractivity contribution >= 4 is 17.3 Å². The normalized spacial score (nSPS) is 11.3. The Labute approximate surface area is 168 Å². The molecule has 3 aromatic carbocycles. The second-order valence-electron chi connectivity index (χ2n) is 6.42. The zero-order valence-electron chi connectivity index (χ0n) is 16.1.